The number of aromatic nitrogens is 3. The third-order valence-corrected chi connectivity index (χ3v) is 4.88. The van der Waals surface area contributed by atoms with Gasteiger partial charge in [0, 0.05) is 53.0 Å². The summed E-state index contributed by atoms with van der Waals surface area (Å²) in [6, 6.07) is 6.16. The van der Waals surface area contributed by atoms with Crippen molar-refractivity contribution < 1.29 is 14.2 Å². The van der Waals surface area contributed by atoms with E-state index in [2.05, 4.69) is 42.4 Å². The molecule has 0 radical (unpaired) electrons. The second-order valence-electron chi connectivity index (χ2n) is 6.87. The van der Waals surface area contributed by atoms with E-state index in [4.69, 9.17) is 14.2 Å². The van der Waals surface area contributed by atoms with Crippen molar-refractivity contribution in [2.24, 2.45) is 0 Å². The lowest BCUT2D eigenvalue weighted by molar-refractivity contribution is 0.174. The molecule has 28 heavy (non-hydrogen) atoms. The molecule has 3 heterocycles. The Morgan fingerprint density at radius 2 is 2.00 bits per heavy atom. The van der Waals surface area contributed by atoms with Gasteiger partial charge in [0.1, 0.15) is 0 Å². The van der Waals surface area contributed by atoms with Gasteiger partial charge in [0.05, 0.1) is 6.20 Å². The predicted molar refractivity (Wildman–Crippen MR) is 105 cm³/mol. The van der Waals surface area contributed by atoms with Crippen LogP contribution in [0.3, 0.4) is 0 Å². The lowest BCUT2D eigenvalue weighted by atomic mass is 10.1. The maximum absolute atomic E-state index is 5.47. The van der Waals surface area contributed by atoms with Crippen LogP contribution in [0.4, 0.5) is 11.8 Å². The van der Waals surface area contributed by atoms with Gasteiger partial charge in [-0.3, -0.25) is 4.90 Å². The fourth-order valence-electron chi connectivity index (χ4n) is 3.35. The zero-order chi connectivity index (χ0) is 19.2. The van der Waals surface area contributed by atoms with Crippen LogP contribution < -0.4 is 19.7 Å². The van der Waals surface area contributed by atoms with Crippen molar-refractivity contribution in [2.75, 3.05) is 63.5 Å². The number of hydrogen-bond donors (Lipinski definition) is 1. The number of methoxy groups -OCH3 is 1. The van der Waals surface area contributed by atoms with Gasteiger partial charge in [0.25, 0.3) is 0 Å². The van der Waals surface area contributed by atoms with E-state index in [1.807, 2.05) is 6.07 Å². The molecule has 0 saturated carbocycles. The SMILES string of the molecule is COCCCNc1cnnc(N2CCN(Cc3ccc4c(c3)OCO4)CC2)n1. The molecule has 0 amide bonds. The van der Waals surface area contributed by atoms with Gasteiger partial charge in [0.15, 0.2) is 17.3 Å². The number of fused-ring (bicyclic) bond motifs is 1. The first-order chi connectivity index (χ1) is 13.8. The summed E-state index contributed by atoms with van der Waals surface area (Å²) in [4.78, 5) is 9.20. The van der Waals surface area contributed by atoms with Crippen LogP contribution in [-0.4, -0.2) is 73.3 Å². The molecule has 1 aromatic carbocycles. The standard InChI is InChI=1S/C19H26N6O3/c1-26-10-2-5-20-18-12-21-23-19(22-18)25-8-6-24(7-9-25)13-15-3-4-16-17(11-15)28-14-27-16/h3-4,11-12H,2,5-10,13-14H2,1H3,(H,20,22,23). The van der Waals surface area contributed by atoms with E-state index in [1.54, 1.807) is 13.3 Å². The van der Waals surface area contributed by atoms with Crippen molar-refractivity contribution in [3.63, 3.8) is 0 Å². The van der Waals surface area contributed by atoms with Gasteiger partial charge in [-0.05, 0) is 24.1 Å². The van der Waals surface area contributed by atoms with Crippen LogP contribution in [0, 0.1) is 0 Å². The number of ether oxygens (including phenoxy) is 3. The highest BCUT2D eigenvalue weighted by atomic mass is 16.7. The van der Waals surface area contributed by atoms with Crippen molar-refractivity contribution in [3.05, 3.63) is 30.0 Å². The largest absolute Gasteiger partial charge is 0.454 e. The Hall–Kier alpha value is -2.65. The molecule has 4 rings (SSSR count). The van der Waals surface area contributed by atoms with Crippen LogP contribution in [0.1, 0.15) is 12.0 Å². The van der Waals surface area contributed by atoms with Crippen molar-refractivity contribution in [1.29, 1.82) is 0 Å². The van der Waals surface area contributed by atoms with Crippen LogP contribution >= 0.6 is 0 Å². The molecule has 0 atom stereocenters. The van der Waals surface area contributed by atoms with E-state index in [1.165, 1.54) is 5.56 Å². The molecule has 1 fully saturated rings. The number of benzene rings is 1. The summed E-state index contributed by atoms with van der Waals surface area (Å²) in [6.45, 7) is 6.38. The fourth-order valence-corrected chi connectivity index (χ4v) is 3.35. The molecule has 2 aliphatic rings. The summed E-state index contributed by atoms with van der Waals surface area (Å²) in [7, 11) is 1.70. The molecule has 2 aliphatic heterocycles. The maximum atomic E-state index is 5.47. The summed E-state index contributed by atoms with van der Waals surface area (Å²) in [5.74, 6) is 3.10. The Bertz CT molecular complexity index is 782. The average molecular weight is 386 g/mol. The average Bonchev–Trinajstić information content (AvgIpc) is 3.20. The van der Waals surface area contributed by atoms with Crippen molar-refractivity contribution in [1.82, 2.24) is 20.1 Å². The number of nitrogens with one attached hydrogen (secondary N) is 1. The predicted octanol–water partition coefficient (Wildman–Crippen LogP) is 1.37. The Morgan fingerprint density at radius 3 is 2.86 bits per heavy atom. The second kappa shape index (κ2) is 9.03. The van der Waals surface area contributed by atoms with Crippen LogP contribution in [0.15, 0.2) is 24.4 Å². The molecule has 150 valence electrons. The molecular weight excluding hydrogens is 360 g/mol. The van der Waals surface area contributed by atoms with Gasteiger partial charge in [-0.1, -0.05) is 6.07 Å². The highest BCUT2D eigenvalue weighted by Crippen LogP contribution is 2.32. The third kappa shape index (κ3) is 4.60. The van der Waals surface area contributed by atoms with Crippen LogP contribution in [0.5, 0.6) is 11.5 Å². The minimum Gasteiger partial charge on any atom is -0.454 e. The molecule has 9 heteroatoms. The summed E-state index contributed by atoms with van der Waals surface area (Å²) in [6.07, 6.45) is 2.58. The Morgan fingerprint density at radius 1 is 1.14 bits per heavy atom. The van der Waals surface area contributed by atoms with Gasteiger partial charge >= 0.3 is 0 Å². The van der Waals surface area contributed by atoms with Gasteiger partial charge in [-0.15, -0.1) is 5.10 Å². The number of anilines is 2. The number of piperazine rings is 1. The summed E-state index contributed by atoms with van der Waals surface area (Å²) >= 11 is 0. The molecule has 0 aliphatic carbocycles. The minimum absolute atomic E-state index is 0.311. The summed E-state index contributed by atoms with van der Waals surface area (Å²) in [5.41, 5.74) is 1.23. The smallest absolute Gasteiger partial charge is 0.247 e. The topological polar surface area (TPSA) is 84.9 Å². The summed E-state index contributed by atoms with van der Waals surface area (Å²) < 4.78 is 15.9. The van der Waals surface area contributed by atoms with Crippen LogP contribution in [-0.2, 0) is 11.3 Å². The normalized spacial score (nSPS) is 16.4. The number of nitrogens with zero attached hydrogens (tertiary/aromatic N) is 5. The van der Waals surface area contributed by atoms with Gasteiger partial charge in [-0.2, -0.15) is 10.1 Å². The highest BCUT2D eigenvalue weighted by molar-refractivity contribution is 5.44. The van der Waals surface area contributed by atoms with Gasteiger partial charge < -0.3 is 24.4 Å². The zero-order valence-electron chi connectivity index (χ0n) is 16.1. The fraction of sp³-hybridized carbons (Fsp3) is 0.526. The summed E-state index contributed by atoms with van der Waals surface area (Å²) in [5, 5.41) is 11.6. The molecule has 1 N–H and O–H groups in total. The van der Waals surface area contributed by atoms with E-state index < -0.39 is 0 Å². The lowest BCUT2D eigenvalue weighted by Crippen LogP contribution is -2.46. The van der Waals surface area contributed by atoms with Gasteiger partial charge in [0.2, 0.25) is 12.7 Å². The minimum atomic E-state index is 0.311. The Labute approximate surface area is 164 Å². The van der Waals surface area contributed by atoms with Crippen LogP contribution in [0.2, 0.25) is 0 Å². The van der Waals surface area contributed by atoms with E-state index in [0.29, 0.717) is 12.7 Å². The van der Waals surface area contributed by atoms with Crippen molar-refractivity contribution >= 4 is 11.8 Å². The maximum Gasteiger partial charge on any atom is 0.247 e. The third-order valence-electron chi connectivity index (χ3n) is 4.88. The van der Waals surface area contributed by atoms with Crippen molar-refractivity contribution in [2.45, 2.75) is 13.0 Å². The quantitative estimate of drug-likeness (QED) is 0.676. The molecule has 1 saturated heterocycles. The van der Waals surface area contributed by atoms with E-state index in [-0.39, 0.29) is 0 Å². The highest BCUT2D eigenvalue weighted by Gasteiger charge is 2.21. The molecular formula is C19H26N6O3. The van der Waals surface area contributed by atoms with Gasteiger partial charge in [-0.25, -0.2) is 0 Å². The monoisotopic (exact) mass is 386 g/mol. The Kier molecular flexibility index (Phi) is 6.03. The number of rotatable bonds is 8. The van der Waals surface area contributed by atoms with E-state index in [9.17, 15) is 0 Å². The molecule has 0 spiro atoms. The first kappa shape index (κ1) is 18.7. The zero-order valence-corrected chi connectivity index (χ0v) is 16.1. The van der Waals surface area contributed by atoms with E-state index in [0.717, 1.165) is 69.6 Å². The molecule has 0 bridgehead atoms. The first-order valence-corrected chi connectivity index (χ1v) is 9.60. The molecule has 2 aromatic rings. The second-order valence-corrected chi connectivity index (χ2v) is 6.87. The van der Waals surface area contributed by atoms with Crippen molar-refractivity contribution in [3.8, 4) is 11.5 Å². The Balaban J connectivity index is 1.28. The van der Waals surface area contributed by atoms with E-state index >= 15 is 0 Å². The van der Waals surface area contributed by atoms with Crippen LogP contribution in [0.25, 0.3) is 0 Å². The lowest BCUT2D eigenvalue weighted by Gasteiger charge is -2.34. The molecule has 9 nitrogen and oxygen atoms in total. The number of hydrogen-bond acceptors (Lipinski definition) is 9. The first-order valence-electron chi connectivity index (χ1n) is 9.60. The molecule has 0 unspecified atom stereocenters. The molecule has 1 aromatic heterocycles.